The summed E-state index contributed by atoms with van der Waals surface area (Å²) in [6, 6.07) is 7.75. The zero-order valence-corrected chi connectivity index (χ0v) is 17.9. The minimum atomic E-state index is -0.210. The summed E-state index contributed by atoms with van der Waals surface area (Å²) in [6.45, 7) is 8.27. The molecule has 3 aromatic rings. The first-order valence-corrected chi connectivity index (χ1v) is 10.6. The van der Waals surface area contributed by atoms with Crippen LogP contribution in [0.1, 0.15) is 58.5 Å². The van der Waals surface area contributed by atoms with Gasteiger partial charge in [-0.05, 0) is 76.5 Å². The number of rotatable bonds is 5. The largest absolute Gasteiger partial charge is 0.465 e. The Labute approximate surface area is 176 Å². The maximum Gasteiger partial charge on any atom is 0.287 e. The Kier molecular flexibility index (Phi) is 5.70. The van der Waals surface area contributed by atoms with E-state index < -0.39 is 0 Å². The van der Waals surface area contributed by atoms with Crippen LogP contribution in [0.5, 0.6) is 0 Å². The average Bonchev–Trinajstić information content (AvgIpc) is 3.27. The fourth-order valence-corrected chi connectivity index (χ4v) is 4.26. The van der Waals surface area contributed by atoms with Gasteiger partial charge >= 0.3 is 0 Å². The highest BCUT2D eigenvalue weighted by Crippen LogP contribution is 2.31. The van der Waals surface area contributed by atoms with Gasteiger partial charge in [0, 0.05) is 22.5 Å². The van der Waals surface area contributed by atoms with Crippen molar-refractivity contribution in [2.45, 2.75) is 46.1 Å². The Morgan fingerprint density at radius 1 is 1.14 bits per heavy atom. The number of nitrogens with one attached hydrogen (secondary N) is 1. The highest BCUT2D eigenvalue weighted by Gasteiger charge is 2.27. The minimum Gasteiger partial charge on any atom is -0.465 e. The highest BCUT2D eigenvalue weighted by atomic mass is 35.5. The summed E-state index contributed by atoms with van der Waals surface area (Å²) in [6.07, 6.45) is 3.60. The summed E-state index contributed by atoms with van der Waals surface area (Å²) in [4.78, 5) is 15.3. The van der Waals surface area contributed by atoms with Gasteiger partial charge in [-0.15, -0.1) is 0 Å². The Hall–Kier alpha value is -2.24. The molecule has 0 aliphatic carbocycles. The summed E-state index contributed by atoms with van der Waals surface area (Å²) in [5, 5.41) is 4.62. The predicted molar refractivity (Wildman–Crippen MR) is 115 cm³/mol. The maximum atomic E-state index is 12.9. The topological polar surface area (TPSA) is 58.6 Å². The number of halogens is 1. The monoisotopic (exact) mass is 414 g/mol. The van der Waals surface area contributed by atoms with Crippen molar-refractivity contribution in [2.24, 2.45) is 0 Å². The van der Waals surface area contributed by atoms with Crippen LogP contribution in [-0.2, 0) is 0 Å². The van der Waals surface area contributed by atoms with Gasteiger partial charge in [-0.25, -0.2) is 0 Å². The lowest BCUT2D eigenvalue weighted by Gasteiger charge is -2.33. The van der Waals surface area contributed by atoms with Gasteiger partial charge in [0.2, 0.25) is 0 Å². The second-order valence-electron chi connectivity index (χ2n) is 7.92. The lowest BCUT2D eigenvalue weighted by molar-refractivity contribution is 0.0888. The van der Waals surface area contributed by atoms with E-state index in [4.69, 9.17) is 20.4 Å². The summed E-state index contributed by atoms with van der Waals surface area (Å²) in [5.74, 6) is 1.91. The molecule has 1 aliphatic heterocycles. The molecule has 4 rings (SSSR count). The molecule has 29 heavy (non-hydrogen) atoms. The molecule has 0 spiro atoms. The van der Waals surface area contributed by atoms with Crippen LogP contribution >= 0.6 is 11.6 Å². The molecule has 1 aliphatic rings. The molecule has 0 radical (unpaired) electrons. The standard InChI is InChI=1S/C23H27ClN2O3/c1-14-11-21-17(12-18(14)24)16(3)22(29-21)23(27)25-13-19(20-8-7-15(2)28-20)26-9-5-4-6-10-26/h7-8,11-12,19H,4-6,9-10,13H2,1-3H3,(H,25,27)/t19-/m0/s1. The average molecular weight is 415 g/mol. The van der Waals surface area contributed by atoms with Crippen LogP contribution in [-0.4, -0.2) is 30.4 Å². The number of nitrogens with zero attached hydrogens (tertiary/aromatic N) is 1. The van der Waals surface area contributed by atoms with Gasteiger partial charge in [0.15, 0.2) is 5.76 Å². The number of hydrogen-bond acceptors (Lipinski definition) is 4. The van der Waals surface area contributed by atoms with Crippen LogP contribution < -0.4 is 5.32 Å². The van der Waals surface area contributed by atoms with Gasteiger partial charge in [-0.1, -0.05) is 18.0 Å². The number of carbonyl (C=O) groups excluding carboxylic acids is 1. The molecular weight excluding hydrogens is 388 g/mol. The van der Waals surface area contributed by atoms with Gasteiger partial charge in [0.05, 0.1) is 6.04 Å². The third-order valence-corrected chi connectivity index (χ3v) is 6.21. The van der Waals surface area contributed by atoms with Gasteiger partial charge in [0.1, 0.15) is 17.1 Å². The van der Waals surface area contributed by atoms with Crippen molar-refractivity contribution in [1.82, 2.24) is 10.2 Å². The van der Waals surface area contributed by atoms with E-state index in [0.717, 1.165) is 41.1 Å². The molecule has 2 aromatic heterocycles. The number of aryl methyl sites for hydroxylation is 3. The first kappa shape index (κ1) is 20.0. The van der Waals surface area contributed by atoms with E-state index in [1.54, 1.807) is 0 Å². The summed E-state index contributed by atoms with van der Waals surface area (Å²) >= 11 is 6.25. The smallest absolute Gasteiger partial charge is 0.287 e. The molecule has 1 amide bonds. The third-order valence-electron chi connectivity index (χ3n) is 5.80. The Bertz CT molecular complexity index is 1030. The molecule has 6 heteroatoms. The van der Waals surface area contributed by atoms with E-state index in [0.29, 0.717) is 22.9 Å². The fourth-order valence-electron chi connectivity index (χ4n) is 4.10. The third kappa shape index (κ3) is 4.07. The SMILES string of the molecule is Cc1ccc([C@H](CNC(=O)c2oc3cc(C)c(Cl)cc3c2C)N2CCCCC2)o1. The summed E-state index contributed by atoms with van der Waals surface area (Å²) < 4.78 is 11.8. The Balaban J connectivity index is 1.55. The van der Waals surface area contributed by atoms with Crippen molar-refractivity contribution in [2.75, 3.05) is 19.6 Å². The van der Waals surface area contributed by atoms with E-state index >= 15 is 0 Å². The number of fused-ring (bicyclic) bond motifs is 1. The molecule has 5 nitrogen and oxygen atoms in total. The summed E-state index contributed by atoms with van der Waals surface area (Å²) in [5.41, 5.74) is 2.42. The van der Waals surface area contributed by atoms with E-state index in [2.05, 4.69) is 10.2 Å². The van der Waals surface area contributed by atoms with Gasteiger partial charge in [0.25, 0.3) is 5.91 Å². The highest BCUT2D eigenvalue weighted by molar-refractivity contribution is 6.32. The number of likely N-dealkylation sites (tertiary alicyclic amines) is 1. The van der Waals surface area contributed by atoms with Gasteiger partial charge < -0.3 is 14.2 Å². The second kappa shape index (κ2) is 8.25. The fraction of sp³-hybridized carbons (Fsp3) is 0.435. The first-order chi connectivity index (χ1) is 13.9. The minimum absolute atomic E-state index is 0.0225. The molecule has 0 saturated carbocycles. The quantitative estimate of drug-likeness (QED) is 0.593. The van der Waals surface area contributed by atoms with Crippen molar-refractivity contribution in [3.8, 4) is 0 Å². The predicted octanol–water partition coefficient (Wildman–Crippen LogP) is 5.56. The Morgan fingerprint density at radius 2 is 1.90 bits per heavy atom. The van der Waals surface area contributed by atoms with Crippen LogP contribution in [0, 0.1) is 20.8 Å². The zero-order valence-electron chi connectivity index (χ0n) is 17.2. The van der Waals surface area contributed by atoms with Crippen molar-refractivity contribution < 1.29 is 13.6 Å². The second-order valence-corrected chi connectivity index (χ2v) is 8.33. The molecule has 154 valence electrons. The van der Waals surface area contributed by atoms with Crippen LogP contribution in [0.15, 0.2) is 33.1 Å². The van der Waals surface area contributed by atoms with Gasteiger partial charge in [-0.2, -0.15) is 0 Å². The molecule has 1 atom stereocenters. The number of furan rings is 2. The lowest BCUT2D eigenvalue weighted by Crippen LogP contribution is -2.40. The molecule has 0 unspecified atom stereocenters. The molecular formula is C23H27ClN2O3. The molecule has 1 saturated heterocycles. The lowest BCUT2D eigenvalue weighted by atomic mass is 10.1. The normalized spacial score (nSPS) is 16.3. The van der Waals surface area contributed by atoms with Gasteiger partial charge in [-0.3, -0.25) is 9.69 Å². The number of benzene rings is 1. The van der Waals surface area contributed by atoms with Crippen LogP contribution in [0.4, 0.5) is 0 Å². The van der Waals surface area contributed by atoms with Crippen molar-refractivity contribution in [3.63, 3.8) is 0 Å². The van der Waals surface area contributed by atoms with Crippen molar-refractivity contribution >= 4 is 28.5 Å². The van der Waals surface area contributed by atoms with E-state index in [1.807, 2.05) is 45.0 Å². The molecule has 3 heterocycles. The first-order valence-electron chi connectivity index (χ1n) is 10.2. The van der Waals surface area contributed by atoms with Crippen LogP contribution in [0.2, 0.25) is 5.02 Å². The molecule has 0 bridgehead atoms. The van der Waals surface area contributed by atoms with Crippen molar-refractivity contribution in [1.29, 1.82) is 0 Å². The molecule has 1 aromatic carbocycles. The van der Waals surface area contributed by atoms with Crippen LogP contribution in [0.3, 0.4) is 0 Å². The molecule has 1 fully saturated rings. The van der Waals surface area contributed by atoms with E-state index in [1.165, 1.54) is 19.3 Å². The number of amides is 1. The maximum absolute atomic E-state index is 12.9. The number of carbonyl (C=O) groups is 1. The number of piperidine rings is 1. The Morgan fingerprint density at radius 3 is 2.59 bits per heavy atom. The van der Waals surface area contributed by atoms with E-state index in [-0.39, 0.29) is 11.9 Å². The van der Waals surface area contributed by atoms with Crippen molar-refractivity contribution in [3.05, 3.63) is 57.7 Å². The summed E-state index contributed by atoms with van der Waals surface area (Å²) in [7, 11) is 0. The van der Waals surface area contributed by atoms with Crippen LogP contribution in [0.25, 0.3) is 11.0 Å². The van der Waals surface area contributed by atoms with E-state index in [9.17, 15) is 4.79 Å². The number of hydrogen-bond donors (Lipinski definition) is 1. The molecule has 1 N–H and O–H groups in total. The zero-order chi connectivity index (χ0) is 20.5.